The number of carbonyl (C=O) groups excluding carboxylic acids is 1. The van der Waals surface area contributed by atoms with E-state index in [9.17, 15) is 18.0 Å². The van der Waals surface area contributed by atoms with Crippen LogP contribution >= 0.6 is 0 Å². The number of amidine groups is 1. The van der Waals surface area contributed by atoms with Crippen molar-refractivity contribution in [3.63, 3.8) is 0 Å². The lowest BCUT2D eigenvalue weighted by molar-refractivity contribution is -0.198. The van der Waals surface area contributed by atoms with E-state index in [1.807, 2.05) is 0 Å². The average Bonchev–Trinajstić information content (AvgIpc) is 2.45. The Bertz CT molecular complexity index is 372. The Balaban J connectivity index is 2.36. The lowest BCUT2D eigenvalue weighted by atomic mass is 9.78. The molecular weight excluding hydrogens is 287 g/mol. The van der Waals surface area contributed by atoms with E-state index in [1.165, 1.54) is 0 Å². The topological polar surface area (TPSA) is 87.7 Å². The van der Waals surface area contributed by atoms with Crippen LogP contribution in [0.3, 0.4) is 0 Å². The molecule has 122 valence electrons. The second kappa shape index (κ2) is 8.09. The highest BCUT2D eigenvalue weighted by Gasteiger charge is 2.47. The number of alkyl halides is 3. The maximum atomic E-state index is 12.9. The van der Waals surface area contributed by atoms with Crippen LogP contribution in [0.15, 0.2) is 5.16 Å². The minimum absolute atomic E-state index is 0.0328. The van der Waals surface area contributed by atoms with Crippen LogP contribution in [0.5, 0.6) is 0 Å². The zero-order valence-electron chi connectivity index (χ0n) is 11.8. The van der Waals surface area contributed by atoms with E-state index in [0.29, 0.717) is 45.1 Å². The zero-order valence-corrected chi connectivity index (χ0v) is 11.8. The van der Waals surface area contributed by atoms with Gasteiger partial charge in [0, 0.05) is 18.9 Å². The Morgan fingerprint density at radius 3 is 2.57 bits per heavy atom. The third-order valence-electron chi connectivity index (χ3n) is 3.81. The molecule has 0 spiro atoms. The molecule has 1 fully saturated rings. The second-order valence-corrected chi connectivity index (χ2v) is 5.38. The van der Waals surface area contributed by atoms with Crippen LogP contribution in [-0.2, 0) is 4.79 Å². The molecule has 1 amide bonds. The summed E-state index contributed by atoms with van der Waals surface area (Å²) in [6, 6.07) is 0. The van der Waals surface area contributed by atoms with E-state index in [1.54, 1.807) is 0 Å². The maximum Gasteiger partial charge on any atom is 0.392 e. The molecule has 0 heterocycles. The number of rotatable bonds is 6. The molecule has 0 aromatic carbocycles. The number of oxime groups is 1. The Labute approximate surface area is 121 Å². The second-order valence-electron chi connectivity index (χ2n) is 5.38. The largest absolute Gasteiger partial charge is 0.409 e. The normalized spacial score (nSPS) is 23.9. The molecule has 2 unspecified atom stereocenters. The van der Waals surface area contributed by atoms with Gasteiger partial charge in [-0.3, -0.25) is 4.79 Å². The van der Waals surface area contributed by atoms with Gasteiger partial charge in [-0.15, -0.1) is 0 Å². The van der Waals surface area contributed by atoms with Crippen molar-refractivity contribution < 1.29 is 23.2 Å². The van der Waals surface area contributed by atoms with E-state index < -0.39 is 23.9 Å². The molecule has 1 aliphatic carbocycles. The molecule has 0 bridgehead atoms. The fourth-order valence-corrected chi connectivity index (χ4v) is 2.66. The molecule has 0 radical (unpaired) electrons. The highest BCUT2D eigenvalue weighted by atomic mass is 19.4. The van der Waals surface area contributed by atoms with Crippen LogP contribution in [0.25, 0.3) is 0 Å². The minimum atomic E-state index is -4.31. The van der Waals surface area contributed by atoms with E-state index in [-0.39, 0.29) is 12.3 Å². The van der Waals surface area contributed by atoms with E-state index in [4.69, 9.17) is 10.9 Å². The first-order chi connectivity index (χ1) is 9.86. The lowest BCUT2D eigenvalue weighted by Gasteiger charge is -2.32. The first kappa shape index (κ1) is 17.6. The smallest absolute Gasteiger partial charge is 0.392 e. The van der Waals surface area contributed by atoms with Crippen LogP contribution in [0.4, 0.5) is 13.2 Å². The summed E-state index contributed by atoms with van der Waals surface area (Å²) in [6.07, 6.45) is -1.24. The van der Waals surface area contributed by atoms with Crippen molar-refractivity contribution in [2.24, 2.45) is 22.7 Å². The van der Waals surface area contributed by atoms with Crippen LogP contribution in [0.2, 0.25) is 0 Å². The Kier molecular flexibility index (Phi) is 6.77. The van der Waals surface area contributed by atoms with Gasteiger partial charge in [0.15, 0.2) is 0 Å². The van der Waals surface area contributed by atoms with Crippen LogP contribution < -0.4 is 11.1 Å². The SMILES string of the molecule is NC(CCCCNC(=O)C1CCCCC1C(F)(F)F)=NO. The number of nitrogens with zero attached hydrogens (tertiary/aromatic N) is 1. The Morgan fingerprint density at radius 2 is 1.95 bits per heavy atom. The summed E-state index contributed by atoms with van der Waals surface area (Å²) in [7, 11) is 0. The van der Waals surface area contributed by atoms with Crippen LogP contribution in [0, 0.1) is 11.8 Å². The highest BCUT2D eigenvalue weighted by molar-refractivity contribution is 5.80. The maximum absolute atomic E-state index is 12.9. The quantitative estimate of drug-likeness (QED) is 0.231. The summed E-state index contributed by atoms with van der Waals surface area (Å²) >= 11 is 0. The van der Waals surface area contributed by atoms with E-state index in [2.05, 4.69) is 10.5 Å². The van der Waals surface area contributed by atoms with Gasteiger partial charge in [-0.05, 0) is 25.7 Å². The molecule has 2 atom stereocenters. The van der Waals surface area contributed by atoms with Crippen molar-refractivity contribution in [1.29, 1.82) is 0 Å². The number of amides is 1. The average molecular weight is 309 g/mol. The molecule has 5 nitrogen and oxygen atoms in total. The first-order valence-electron chi connectivity index (χ1n) is 7.17. The molecule has 8 heteroatoms. The van der Waals surface area contributed by atoms with Crippen molar-refractivity contribution >= 4 is 11.7 Å². The molecule has 1 aliphatic rings. The number of carbonyl (C=O) groups is 1. The zero-order chi connectivity index (χ0) is 15.9. The molecular formula is C13H22F3N3O2. The number of unbranched alkanes of at least 4 members (excludes halogenated alkanes) is 1. The van der Waals surface area contributed by atoms with E-state index >= 15 is 0 Å². The number of halogens is 3. The highest BCUT2D eigenvalue weighted by Crippen LogP contribution is 2.41. The first-order valence-corrected chi connectivity index (χ1v) is 7.17. The Hall–Kier alpha value is -1.47. The van der Waals surface area contributed by atoms with Crippen molar-refractivity contribution in [1.82, 2.24) is 5.32 Å². The summed E-state index contributed by atoms with van der Waals surface area (Å²) in [5.41, 5.74) is 5.29. The van der Waals surface area contributed by atoms with Crippen LogP contribution in [0.1, 0.15) is 44.9 Å². The van der Waals surface area contributed by atoms with Crippen LogP contribution in [-0.4, -0.2) is 29.7 Å². The lowest BCUT2D eigenvalue weighted by Crippen LogP contribution is -2.42. The molecule has 1 rings (SSSR count). The monoisotopic (exact) mass is 309 g/mol. The summed E-state index contributed by atoms with van der Waals surface area (Å²) in [5.74, 6) is -2.90. The summed E-state index contributed by atoms with van der Waals surface area (Å²) in [6.45, 7) is 0.304. The molecule has 0 aromatic heterocycles. The molecule has 21 heavy (non-hydrogen) atoms. The van der Waals surface area contributed by atoms with Gasteiger partial charge in [0.25, 0.3) is 0 Å². The van der Waals surface area contributed by atoms with Crippen molar-refractivity contribution in [3.8, 4) is 0 Å². The van der Waals surface area contributed by atoms with Gasteiger partial charge >= 0.3 is 6.18 Å². The molecule has 4 N–H and O–H groups in total. The number of nitrogens with one attached hydrogen (secondary N) is 1. The predicted octanol–water partition coefficient (Wildman–Crippen LogP) is 2.39. The van der Waals surface area contributed by atoms with Gasteiger partial charge in [-0.1, -0.05) is 18.0 Å². The molecule has 0 aliphatic heterocycles. The predicted molar refractivity (Wildman–Crippen MR) is 71.8 cm³/mol. The Morgan fingerprint density at radius 1 is 1.29 bits per heavy atom. The van der Waals surface area contributed by atoms with Gasteiger partial charge in [-0.25, -0.2) is 0 Å². The molecule has 0 aromatic rings. The number of hydrogen-bond acceptors (Lipinski definition) is 3. The van der Waals surface area contributed by atoms with Gasteiger partial charge in [0.05, 0.1) is 5.92 Å². The van der Waals surface area contributed by atoms with E-state index in [0.717, 1.165) is 0 Å². The summed E-state index contributed by atoms with van der Waals surface area (Å²) in [4.78, 5) is 11.9. The minimum Gasteiger partial charge on any atom is -0.409 e. The number of nitrogens with two attached hydrogens (primary N) is 1. The van der Waals surface area contributed by atoms with Gasteiger partial charge in [-0.2, -0.15) is 13.2 Å². The van der Waals surface area contributed by atoms with Crippen molar-refractivity contribution in [2.75, 3.05) is 6.54 Å². The molecule has 1 saturated carbocycles. The third-order valence-corrected chi connectivity index (χ3v) is 3.81. The standard InChI is InChI=1S/C13H22F3N3O2/c14-13(15,16)10-6-2-1-5-9(10)12(20)18-8-4-3-7-11(17)19-21/h9-10,21H,1-8H2,(H2,17,19)(H,18,20). The number of hydrogen-bond donors (Lipinski definition) is 3. The fraction of sp³-hybridized carbons (Fsp3) is 0.846. The van der Waals surface area contributed by atoms with Crippen molar-refractivity contribution in [2.45, 2.75) is 51.1 Å². The fourth-order valence-electron chi connectivity index (χ4n) is 2.66. The summed E-state index contributed by atoms with van der Waals surface area (Å²) < 4.78 is 38.7. The van der Waals surface area contributed by atoms with Gasteiger partial charge in [0.2, 0.25) is 5.91 Å². The molecule has 0 saturated heterocycles. The van der Waals surface area contributed by atoms with Gasteiger partial charge in [0.1, 0.15) is 5.84 Å². The van der Waals surface area contributed by atoms with Crippen molar-refractivity contribution in [3.05, 3.63) is 0 Å². The van der Waals surface area contributed by atoms with Gasteiger partial charge < -0.3 is 16.3 Å². The summed E-state index contributed by atoms with van der Waals surface area (Å²) in [5, 5.41) is 13.7. The third kappa shape index (κ3) is 5.81.